The van der Waals surface area contributed by atoms with Gasteiger partial charge in [-0.05, 0) is 74.5 Å². The van der Waals surface area contributed by atoms with Gasteiger partial charge in [0.15, 0.2) is 6.61 Å². The van der Waals surface area contributed by atoms with Crippen LogP contribution in [0.2, 0.25) is 0 Å². The monoisotopic (exact) mass is 468 g/mol. The Kier molecular flexibility index (Phi) is 14.4. The van der Waals surface area contributed by atoms with Crippen molar-refractivity contribution in [1.29, 1.82) is 0 Å². The Morgan fingerprint density at radius 2 is 1.85 bits per heavy atom. The van der Waals surface area contributed by atoms with Crippen LogP contribution in [0.5, 0.6) is 0 Å². The minimum atomic E-state index is -0.100. The SMILES string of the molecule is C=C(/C=C(\C=C(/C)OCC(=O)NCCCC)CCCOCCC)C(=C)c1cc(C)ccc1NC. The fourth-order valence-electron chi connectivity index (χ4n) is 3.36. The second-order valence-electron chi connectivity index (χ2n) is 8.49. The van der Waals surface area contributed by atoms with Crippen molar-refractivity contribution in [2.24, 2.45) is 0 Å². The van der Waals surface area contributed by atoms with Crippen LogP contribution >= 0.6 is 0 Å². The van der Waals surface area contributed by atoms with E-state index in [0.29, 0.717) is 18.9 Å². The summed E-state index contributed by atoms with van der Waals surface area (Å²) in [6.07, 6.45) is 8.76. The number of ether oxygens (including phenoxy) is 2. The smallest absolute Gasteiger partial charge is 0.257 e. The predicted octanol–water partition coefficient (Wildman–Crippen LogP) is 6.58. The van der Waals surface area contributed by atoms with E-state index in [0.717, 1.165) is 66.7 Å². The molecule has 1 aromatic rings. The lowest BCUT2D eigenvalue weighted by atomic mass is 9.95. The number of anilines is 1. The highest BCUT2D eigenvalue weighted by Gasteiger charge is 2.09. The Hall–Kier alpha value is -2.79. The number of carbonyl (C=O) groups is 1. The number of unbranched alkanes of at least 4 members (excludes halogenated alkanes) is 1. The number of aryl methyl sites for hydroxylation is 1. The van der Waals surface area contributed by atoms with E-state index in [2.05, 4.69) is 68.8 Å². The van der Waals surface area contributed by atoms with Gasteiger partial charge >= 0.3 is 0 Å². The molecule has 0 unspecified atom stereocenters. The minimum absolute atomic E-state index is 0.0153. The summed E-state index contributed by atoms with van der Waals surface area (Å²) in [5.74, 6) is 0.591. The van der Waals surface area contributed by atoms with E-state index in [9.17, 15) is 4.79 Å². The molecule has 0 saturated carbocycles. The molecule has 0 bridgehead atoms. The van der Waals surface area contributed by atoms with Crippen LogP contribution in [0.15, 0.2) is 60.4 Å². The molecule has 1 rings (SSSR count). The van der Waals surface area contributed by atoms with Crippen molar-refractivity contribution in [1.82, 2.24) is 5.32 Å². The molecule has 0 saturated heterocycles. The zero-order valence-electron chi connectivity index (χ0n) is 21.9. The number of hydrogen-bond donors (Lipinski definition) is 2. The average Bonchev–Trinajstić information content (AvgIpc) is 2.82. The molecule has 0 spiro atoms. The Balaban J connectivity index is 2.95. The van der Waals surface area contributed by atoms with Crippen molar-refractivity contribution in [3.8, 4) is 0 Å². The van der Waals surface area contributed by atoms with Gasteiger partial charge in [0.1, 0.15) is 0 Å². The first-order valence-electron chi connectivity index (χ1n) is 12.3. The van der Waals surface area contributed by atoms with Crippen LogP contribution < -0.4 is 10.6 Å². The molecule has 1 amide bonds. The molecular weight excluding hydrogens is 424 g/mol. The molecule has 0 atom stereocenters. The van der Waals surface area contributed by atoms with Crippen LogP contribution in [0.4, 0.5) is 5.69 Å². The lowest BCUT2D eigenvalue weighted by Crippen LogP contribution is -2.28. The van der Waals surface area contributed by atoms with Crippen LogP contribution in [-0.4, -0.2) is 39.3 Å². The number of nitrogens with one attached hydrogen (secondary N) is 2. The second-order valence-corrected chi connectivity index (χ2v) is 8.49. The van der Waals surface area contributed by atoms with Crippen molar-refractivity contribution in [2.45, 2.75) is 59.8 Å². The van der Waals surface area contributed by atoms with E-state index < -0.39 is 0 Å². The molecule has 5 heteroatoms. The van der Waals surface area contributed by atoms with Crippen LogP contribution in [0, 0.1) is 6.92 Å². The largest absolute Gasteiger partial charge is 0.488 e. The quantitative estimate of drug-likeness (QED) is 0.154. The molecule has 2 N–H and O–H groups in total. The van der Waals surface area contributed by atoms with Gasteiger partial charge < -0.3 is 20.1 Å². The summed E-state index contributed by atoms with van der Waals surface area (Å²) in [7, 11) is 1.91. The van der Waals surface area contributed by atoms with Crippen molar-refractivity contribution in [2.75, 3.05) is 38.7 Å². The van der Waals surface area contributed by atoms with Crippen molar-refractivity contribution in [3.63, 3.8) is 0 Å². The van der Waals surface area contributed by atoms with Crippen molar-refractivity contribution >= 4 is 17.2 Å². The first kappa shape index (κ1) is 29.2. The van der Waals surface area contributed by atoms with Crippen LogP contribution in [0.25, 0.3) is 5.57 Å². The van der Waals surface area contributed by atoms with Gasteiger partial charge in [-0.2, -0.15) is 0 Å². The van der Waals surface area contributed by atoms with Crippen molar-refractivity contribution < 1.29 is 14.3 Å². The lowest BCUT2D eigenvalue weighted by molar-refractivity contribution is -0.124. The van der Waals surface area contributed by atoms with Crippen molar-refractivity contribution in [3.05, 3.63) is 71.5 Å². The fourth-order valence-corrected chi connectivity index (χ4v) is 3.36. The summed E-state index contributed by atoms with van der Waals surface area (Å²) in [5, 5.41) is 6.11. The highest BCUT2D eigenvalue weighted by molar-refractivity contribution is 5.86. The first-order chi connectivity index (χ1) is 16.3. The highest BCUT2D eigenvalue weighted by Crippen LogP contribution is 2.30. The molecule has 188 valence electrons. The molecule has 0 aliphatic carbocycles. The second kappa shape index (κ2) is 16.8. The van der Waals surface area contributed by atoms with Crippen LogP contribution in [0.3, 0.4) is 0 Å². The van der Waals surface area contributed by atoms with Gasteiger partial charge in [-0.1, -0.05) is 51.1 Å². The summed E-state index contributed by atoms with van der Waals surface area (Å²) in [5.41, 5.74) is 6.00. The Bertz CT molecular complexity index is 868. The summed E-state index contributed by atoms with van der Waals surface area (Å²) >= 11 is 0. The fraction of sp³-hybridized carbons (Fsp3) is 0.483. The van der Waals surface area contributed by atoms with Gasteiger partial charge in [0.25, 0.3) is 5.91 Å². The van der Waals surface area contributed by atoms with E-state index in [1.807, 2.05) is 20.0 Å². The van der Waals surface area contributed by atoms with Gasteiger partial charge in [0.2, 0.25) is 0 Å². The zero-order valence-corrected chi connectivity index (χ0v) is 21.9. The summed E-state index contributed by atoms with van der Waals surface area (Å²) in [6.45, 7) is 18.9. The predicted molar refractivity (Wildman–Crippen MR) is 145 cm³/mol. The summed E-state index contributed by atoms with van der Waals surface area (Å²) in [6, 6.07) is 6.25. The van der Waals surface area contributed by atoms with Gasteiger partial charge in [-0.15, -0.1) is 0 Å². The number of benzene rings is 1. The van der Waals surface area contributed by atoms with E-state index in [4.69, 9.17) is 9.47 Å². The van der Waals surface area contributed by atoms with Crippen LogP contribution in [-0.2, 0) is 14.3 Å². The maximum absolute atomic E-state index is 12.0. The number of amides is 1. The molecule has 34 heavy (non-hydrogen) atoms. The van der Waals surface area contributed by atoms with E-state index in [-0.39, 0.29) is 12.5 Å². The Morgan fingerprint density at radius 3 is 2.53 bits per heavy atom. The third kappa shape index (κ3) is 11.4. The topological polar surface area (TPSA) is 59.6 Å². The maximum atomic E-state index is 12.0. The molecular formula is C29H44N2O3. The summed E-state index contributed by atoms with van der Waals surface area (Å²) < 4.78 is 11.4. The van der Waals surface area contributed by atoms with Gasteiger partial charge in [0.05, 0.1) is 5.76 Å². The number of carbonyl (C=O) groups excluding carboxylic acids is 1. The maximum Gasteiger partial charge on any atom is 0.257 e. The number of allylic oxidation sites excluding steroid dienone is 6. The standard InChI is InChI=1S/C29H44N2O3/c1-8-10-15-31-29(32)21-34-24(5)20-26(12-11-17-33-16-9-2)19-23(4)25(6)27-18-22(3)13-14-28(27)30-7/h13-14,18-20,30H,4,6,8-12,15-17,21H2,1-3,5,7H3,(H,31,32)/b24-20+,26-19-. The molecule has 5 nitrogen and oxygen atoms in total. The van der Waals surface area contributed by atoms with E-state index in [1.165, 1.54) is 5.56 Å². The molecule has 0 aliphatic rings. The Morgan fingerprint density at radius 1 is 1.09 bits per heavy atom. The lowest BCUT2D eigenvalue weighted by Gasteiger charge is -2.14. The third-order valence-corrected chi connectivity index (χ3v) is 5.29. The molecule has 0 radical (unpaired) electrons. The third-order valence-electron chi connectivity index (χ3n) is 5.29. The highest BCUT2D eigenvalue weighted by atomic mass is 16.5. The molecule has 1 aromatic carbocycles. The van der Waals surface area contributed by atoms with Crippen LogP contribution in [0.1, 0.15) is 64.0 Å². The van der Waals surface area contributed by atoms with E-state index >= 15 is 0 Å². The summed E-state index contributed by atoms with van der Waals surface area (Å²) in [4.78, 5) is 12.0. The molecule has 0 fully saturated rings. The van der Waals surface area contributed by atoms with Gasteiger partial charge in [0, 0.05) is 38.1 Å². The zero-order chi connectivity index (χ0) is 25.3. The molecule has 0 aliphatic heterocycles. The van der Waals surface area contributed by atoms with Gasteiger partial charge in [-0.25, -0.2) is 0 Å². The average molecular weight is 469 g/mol. The first-order valence-corrected chi connectivity index (χ1v) is 12.3. The minimum Gasteiger partial charge on any atom is -0.488 e. The molecule has 0 heterocycles. The number of hydrogen-bond acceptors (Lipinski definition) is 4. The van der Waals surface area contributed by atoms with Gasteiger partial charge in [-0.3, -0.25) is 4.79 Å². The normalized spacial score (nSPS) is 11.8. The Labute approximate surface area is 207 Å². The molecule has 0 aromatic heterocycles. The number of rotatable bonds is 17. The van der Waals surface area contributed by atoms with E-state index in [1.54, 1.807) is 0 Å².